The van der Waals surface area contributed by atoms with E-state index < -0.39 is 96.0 Å². The molecule has 2 aromatic carbocycles. The van der Waals surface area contributed by atoms with Crippen LogP contribution in [0.2, 0.25) is 0 Å². The Morgan fingerprint density at radius 2 is 1.61 bits per heavy atom. The summed E-state index contributed by atoms with van der Waals surface area (Å²) in [7, 11) is 5.27. The van der Waals surface area contributed by atoms with Gasteiger partial charge < -0.3 is 63.4 Å². The van der Waals surface area contributed by atoms with Gasteiger partial charge in [0, 0.05) is 73.8 Å². The molecule has 0 bridgehead atoms. The molecule has 3 fully saturated rings. The molecule has 3 aliphatic heterocycles. The molecule has 0 spiro atoms. The lowest BCUT2D eigenvalue weighted by Crippen LogP contribution is -2.60. The molecule has 2 aromatic heterocycles. The van der Waals surface area contributed by atoms with Gasteiger partial charge in [-0.15, -0.1) is 5.10 Å². The van der Waals surface area contributed by atoms with Crippen LogP contribution in [0.5, 0.6) is 0 Å². The first-order chi connectivity index (χ1) is 35.3. The van der Waals surface area contributed by atoms with Crippen LogP contribution in [0.1, 0.15) is 100 Å². The van der Waals surface area contributed by atoms with Crippen LogP contribution in [0.3, 0.4) is 0 Å². The van der Waals surface area contributed by atoms with Crippen molar-refractivity contribution in [3.63, 3.8) is 0 Å². The summed E-state index contributed by atoms with van der Waals surface area (Å²) >= 11 is 0. The van der Waals surface area contributed by atoms with Gasteiger partial charge in [-0.3, -0.25) is 14.4 Å². The summed E-state index contributed by atoms with van der Waals surface area (Å²) in [6.07, 6.45) is -5.28. The molecule has 3 saturated heterocycles. The first-order valence-electron chi connectivity index (χ1n) is 26.8. The number of fused-ring (bicyclic) bond motifs is 1. The molecule has 18 nitrogen and oxygen atoms in total. The summed E-state index contributed by atoms with van der Waals surface area (Å²) in [6.45, 7) is 19.5. The topological polar surface area (TPSA) is 216 Å². The third-order valence-electron chi connectivity index (χ3n) is 16.5. The standard InChI is InChI=1S/C56H85FN6O12/c1-14-45-56(10,69)49(65)36(6)62(30-38-15-17-39(18-16-38)42-31-63(59-58-42)24-23-61-22-21-40-26-41(57)19-20-43(40)61)29-32(2)27-54(8,68)51(75-53-47(64)44(60(11)12)25-33(3)71-53)34(4)48(35(5)52(67)73-45)74-46-28-55(9,70-13)50(66)37(7)72-46/h15-22,26,31-37,44-51,53,64-66,68-69H,14,23-25,27-30H2,1-13H3/t32-,33-,34+,35-,36-,37+,44+,45-,46+,47-,48+,49-,50+,51-,53+,54-,55-,56-/m1/s1. The van der Waals surface area contributed by atoms with Crippen molar-refractivity contribution in [2.24, 2.45) is 17.8 Å². The summed E-state index contributed by atoms with van der Waals surface area (Å²) in [4.78, 5) is 18.7. The third kappa shape index (κ3) is 13.1. The van der Waals surface area contributed by atoms with E-state index in [4.69, 9.17) is 28.4 Å². The van der Waals surface area contributed by atoms with Gasteiger partial charge in [0.05, 0.1) is 54.3 Å². The number of likely N-dealkylation sites (N-methyl/N-ethyl adjacent to an activating group) is 1. The number of nitrogens with zero attached hydrogens (tertiary/aromatic N) is 6. The first kappa shape index (κ1) is 58.7. The van der Waals surface area contributed by atoms with Crippen LogP contribution in [0, 0.1) is 23.6 Å². The van der Waals surface area contributed by atoms with Gasteiger partial charge in [-0.05, 0) is 118 Å². The van der Waals surface area contributed by atoms with Crippen molar-refractivity contribution in [1.82, 2.24) is 29.4 Å². The second kappa shape index (κ2) is 24.0. The van der Waals surface area contributed by atoms with Crippen molar-refractivity contribution in [3.8, 4) is 11.3 Å². The number of carbonyl (C=O) groups is 1. The molecule has 7 rings (SSSR count). The number of cyclic esters (lactones) is 1. The average Bonchev–Trinajstić information content (AvgIpc) is 4.01. The number of esters is 1. The lowest BCUT2D eigenvalue weighted by atomic mass is 9.77. The number of hydrogen-bond donors (Lipinski definition) is 5. The number of aliphatic hydroxyl groups is 5. The Morgan fingerprint density at radius 1 is 0.907 bits per heavy atom. The Kier molecular flexibility index (Phi) is 18.8. The largest absolute Gasteiger partial charge is 0.459 e. The highest BCUT2D eigenvalue weighted by Gasteiger charge is 2.53. The Hall–Kier alpha value is -3.96. The quantitative estimate of drug-likeness (QED) is 0.104. The molecule has 0 unspecified atom stereocenters. The minimum Gasteiger partial charge on any atom is -0.459 e. The SMILES string of the molecule is CC[C@H]1OC(=O)[C@H](C)[C@@H](O[C@H]2C[C@@](C)(OC)[C@@H](O)[C@H](C)O2)[C@H](C)[C@@H](O[C@@H]2O[C@H](C)C[C@H](N(C)C)[C@H]2O)[C@](C)(O)C[C@@H](C)CN(Cc2ccc(-c3cn(CCn4ccc5cc(F)ccc54)nn3)cc2)[C@H](C)[C@@H](O)[C@]1(C)O. The molecule has 0 aliphatic carbocycles. The number of methoxy groups -OCH3 is 1. The molecule has 0 amide bonds. The van der Waals surface area contributed by atoms with Crippen molar-refractivity contribution in [2.45, 2.75) is 205 Å². The lowest BCUT2D eigenvalue weighted by Gasteiger charge is -2.48. The van der Waals surface area contributed by atoms with Crippen molar-refractivity contribution in [1.29, 1.82) is 0 Å². The number of benzene rings is 2. The molecule has 5 heterocycles. The zero-order valence-electron chi connectivity index (χ0n) is 46.2. The Bertz CT molecular complexity index is 2490. The molecular formula is C56H85FN6O12. The molecule has 0 radical (unpaired) electrons. The van der Waals surface area contributed by atoms with Gasteiger partial charge in [0.15, 0.2) is 12.6 Å². The number of aliphatic hydroxyl groups excluding tert-OH is 3. The van der Waals surface area contributed by atoms with Gasteiger partial charge in [0.1, 0.15) is 41.5 Å². The fraction of sp³-hybridized carbons (Fsp3) is 0.696. The molecule has 3 aliphatic rings. The summed E-state index contributed by atoms with van der Waals surface area (Å²) in [5.41, 5.74) is -1.29. The van der Waals surface area contributed by atoms with E-state index in [0.717, 1.165) is 22.0 Å². The number of aromatic nitrogens is 4. The summed E-state index contributed by atoms with van der Waals surface area (Å²) in [5, 5.41) is 70.3. The molecule has 5 N–H and O–H groups in total. The highest BCUT2D eigenvalue weighted by Crippen LogP contribution is 2.41. The highest BCUT2D eigenvalue weighted by atomic mass is 19.1. The fourth-order valence-corrected chi connectivity index (χ4v) is 11.9. The molecule has 418 valence electrons. The zero-order chi connectivity index (χ0) is 54.9. The Morgan fingerprint density at radius 3 is 2.28 bits per heavy atom. The number of carbonyl (C=O) groups excluding carboxylic acids is 1. The Balaban J connectivity index is 1.19. The van der Waals surface area contributed by atoms with Crippen molar-refractivity contribution >= 4 is 16.9 Å². The maximum absolute atomic E-state index is 14.7. The van der Waals surface area contributed by atoms with E-state index in [1.165, 1.54) is 26.2 Å². The minimum atomic E-state index is -1.93. The average molecular weight is 1050 g/mol. The second-order valence-electron chi connectivity index (χ2n) is 22.9. The summed E-state index contributed by atoms with van der Waals surface area (Å²) in [6, 6.07) is 13.5. The van der Waals surface area contributed by atoms with Crippen LogP contribution in [0.25, 0.3) is 22.2 Å². The molecule has 75 heavy (non-hydrogen) atoms. The van der Waals surface area contributed by atoms with Crippen LogP contribution in [0.4, 0.5) is 4.39 Å². The van der Waals surface area contributed by atoms with Gasteiger partial charge in [-0.2, -0.15) is 0 Å². The van der Waals surface area contributed by atoms with Gasteiger partial charge in [0.25, 0.3) is 0 Å². The van der Waals surface area contributed by atoms with Crippen LogP contribution in [-0.4, -0.2) is 179 Å². The summed E-state index contributed by atoms with van der Waals surface area (Å²) < 4.78 is 55.9. The predicted molar refractivity (Wildman–Crippen MR) is 279 cm³/mol. The molecule has 4 aromatic rings. The van der Waals surface area contributed by atoms with E-state index in [2.05, 4.69) is 19.8 Å². The maximum Gasteiger partial charge on any atom is 0.311 e. The zero-order valence-corrected chi connectivity index (χ0v) is 46.2. The third-order valence-corrected chi connectivity index (χ3v) is 16.5. The van der Waals surface area contributed by atoms with Crippen molar-refractivity contribution in [2.75, 3.05) is 27.7 Å². The van der Waals surface area contributed by atoms with Crippen LogP contribution in [-0.2, 0) is 52.8 Å². The lowest BCUT2D eigenvalue weighted by molar-refractivity contribution is -0.318. The fourth-order valence-electron chi connectivity index (χ4n) is 11.9. The molecular weight excluding hydrogens is 968 g/mol. The highest BCUT2D eigenvalue weighted by molar-refractivity contribution is 5.80. The van der Waals surface area contributed by atoms with Gasteiger partial charge in [0.2, 0.25) is 0 Å². The monoisotopic (exact) mass is 1050 g/mol. The molecule has 0 saturated carbocycles. The number of rotatable bonds is 13. The molecule has 18 atom stereocenters. The van der Waals surface area contributed by atoms with Crippen molar-refractivity contribution < 1.29 is 63.1 Å². The normalized spacial score (nSPS) is 38.1. The predicted octanol–water partition coefficient (Wildman–Crippen LogP) is 5.52. The van der Waals surface area contributed by atoms with E-state index in [-0.39, 0.29) is 43.1 Å². The van der Waals surface area contributed by atoms with E-state index in [0.29, 0.717) is 38.3 Å². The number of hydrogen-bond acceptors (Lipinski definition) is 16. The van der Waals surface area contributed by atoms with Crippen LogP contribution in [0.15, 0.2) is 60.9 Å². The number of halogens is 1. The van der Waals surface area contributed by atoms with E-state index >= 15 is 0 Å². The van der Waals surface area contributed by atoms with Gasteiger partial charge in [-0.25, -0.2) is 4.39 Å². The van der Waals surface area contributed by atoms with Gasteiger partial charge >= 0.3 is 5.97 Å². The van der Waals surface area contributed by atoms with Gasteiger partial charge in [-0.1, -0.05) is 50.3 Å². The number of aryl methyl sites for hydroxylation is 2. The first-order valence-corrected chi connectivity index (χ1v) is 26.8. The number of ether oxygens (including phenoxy) is 6. The van der Waals surface area contributed by atoms with E-state index in [9.17, 15) is 34.7 Å². The maximum atomic E-state index is 14.7. The van der Waals surface area contributed by atoms with Crippen LogP contribution >= 0.6 is 0 Å². The smallest absolute Gasteiger partial charge is 0.311 e. The van der Waals surface area contributed by atoms with E-state index in [1.807, 2.05) is 89.4 Å². The summed E-state index contributed by atoms with van der Waals surface area (Å²) in [5.74, 6) is -3.17. The van der Waals surface area contributed by atoms with Crippen molar-refractivity contribution in [3.05, 3.63) is 72.3 Å². The van der Waals surface area contributed by atoms with E-state index in [1.54, 1.807) is 45.4 Å². The minimum absolute atomic E-state index is 0.0980. The molecule has 19 heteroatoms. The second-order valence-corrected chi connectivity index (χ2v) is 22.9. The Labute approximate surface area is 442 Å². The van der Waals surface area contributed by atoms with Crippen LogP contribution < -0.4 is 0 Å².